The lowest BCUT2D eigenvalue weighted by Crippen LogP contribution is -2.12. The van der Waals surface area contributed by atoms with Crippen LogP contribution in [0.3, 0.4) is 0 Å². The second kappa shape index (κ2) is 5.58. The molecule has 2 aromatic heterocycles. The summed E-state index contributed by atoms with van der Waals surface area (Å²) < 4.78 is 4.28. The van der Waals surface area contributed by atoms with Crippen LogP contribution in [0.15, 0.2) is 41.2 Å². The van der Waals surface area contributed by atoms with E-state index in [1.165, 1.54) is 11.5 Å². The number of hydrogen-bond acceptors (Lipinski definition) is 4. The number of benzene rings is 1. The van der Waals surface area contributed by atoms with Crippen molar-refractivity contribution in [2.75, 3.05) is 0 Å². The summed E-state index contributed by atoms with van der Waals surface area (Å²) in [5, 5.41) is 9.21. The SMILES string of the molecule is Cc1cc(-c2ccc(-c3cc(C)[nH]c(=O)c3C#N)cc2)sn1. The van der Waals surface area contributed by atoms with E-state index in [9.17, 15) is 10.1 Å². The third kappa shape index (κ3) is 2.57. The van der Waals surface area contributed by atoms with Gasteiger partial charge in [0.1, 0.15) is 11.6 Å². The summed E-state index contributed by atoms with van der Waals surface area (Å²) in [6, 6.07) is 13.7. The Bertz CT molecular complexity index is 930. The van der Waals surface area contributed by atoms with Crippen LogP contribution in [0.25, 0.3) is 21.6 Å². The van der Waals surface area contributed by atoms with E-state index in [2.05, 4.69) is 9.36 Å². The third-order valence-corrected chi connectivity index (χ3v) is 4.32. The van der Waals surface area contributed by atoms with Crippen LogP contribution in [0.2, 0.25) is 0 Å². The Morgan fingerprint density at radius 3 is 2.41 bits per heavy atom. The largest absolute Gasteiger partial charge is 0.325 e. The smallest absolute Gasteiger partial charge is 0.266 e. The molecular formula is C17H13N3OS. The van der Waals surface area contributed by atoms with Crippen LogP contribution in [0.5, 0.6) is 0 Å². The maximum Gasteiger partial charge on any atom is 0.266 e. The Morgan fingerprint density at radius 1 is 1.14 bits per heavy atom. The predicted molar refractivity (Wildman–Crippen MR) is 87.8 cm³/mol. The number of aryl methyl sites for hydroxylation is 2. The standard InChI is InChI=1S/C17H13N3OS/c1-10-7-14(15(9-18)17(21)19-10)12-3-5-13(6-4-12)16-8-11(2)20-22-16/h3-8H,1-2H3,(H,19,21). The lowest BCUT2D eigenvalue weighted by atomic mass is 9.99. The lowest BCUT2D eigenvalue weighted by Gasteiger charge is -2.06. The zero-order chi connectivity index (χ0) is 15.7. The molecule has 0 fully saturated rings. The molecule has 0 atom stereocenters. The van der Waals surface area contributed by atoms with Crippen molar-refractivity contribution in [2.45, 2.75) is 13.8 Å². The molecule has 0 saturated heterocycles. The average Bonchev–Trinajstić information content (AvgIpc) is 2.93. The molecule has 0 unspecified atom stereocenters. The molecule has 0 aliphatic rings. The Balaban J connectivity index is 2.08. The number of rotatable bonds is 2. The average molecular weight is 307 g/mol. The minimum atomic E-state index is -0.348. The van der Waals surface area contributed by atoms with Gasteiger partial charge in [0.05, 0.1) is 10.6 Å². The van der Waals surface area contributed by atoms with Gasteiger partial charge in [-0.3, -0.25) is 4.79 Å². The van der Waals surface area contributed by atoms with Crippen LogP contribution in [0.4, 0.5) is 0 Å². The molecule has 0 amide bonds. The molecule has 5 heteroatoms. The quantitative estimate of drug-likeness (QED) is 0.785. The molecule has 22 heavy (non-hydrogen) atoms. The van der Waals surface area contributed by atoms with Crippen LogP contribution < -0.4 is 5.56 Å². The number of H-pyrrole nitrogens is 1. The zero-order valence-electron chi connectivity index (χ0n) is 12.2. The van der Waals surface area contributed by atoms with Crippen LogP contribution in [0, 0.1) is 25.2 Å². The first-order chi connectivity index (χ1) is 10.6. The molecule has 0 spiro atoms. The van der Waals surface area contributed by atoms with E-state index < -0.39 is 0 Å². The van der Waals surface area contributed by atoms with Crippen molar-refractivity contribution >= 4 is 11.5 Å². The number of aromatic amines is 1. The van der Waals surface area contributed by atoms with Crippen molar-refractivity contribution in [3.05, 3.63) is 63.7 Å². The van der Waals surface area contributed by atoms with Gasteiger partial charge in [-0.25, -0.2) is 0 Å². The molecular weight excluding hydrogens is 294 g/mol. The minimum absolute atomic E-state index is 0.145. The first-order valence-electron chi connectivity index (χ1n) is 6.76. The summed E-state index contributed by atoms with van der Waals surface area (Å²) in [5.74, 6) is 0. The second-order valence-electron chi connectivity index (χ2n) is 5.09. The van der Waals surface area contributed by atoms with Gasteiger partial charge in [0.2, 0.25) is 0 Å². The van der Waals surface area contributed by atoms with Gasteiger partial charge in [-0.05, 0) is 48.6 Å². The first-order valence-corrected chi connectivity index (χ1v) is 7.54. The lowest BCUT2D eigenvalue weighted by molar-refractivity contribution is 1.13. The highest BCUT2D eigenvalue weighted by molar-refractivity contribution is 7.09. The van der Waals surface area contributed by atoms with E-state index >= 15 is 0 Å². The van der Waals surface area contributed by atoms with Crippen molar-refractivity contribution < 1.29 is 0 Å². The Hall–Kier alpha value is -2.71. The number of aromatic nitrogens is 2. The third-order valence-electron chi connectivity index (χ3n) is 3.39. The van der Waals surface area contributed by atoms with Gasteiger partial charge >= 0.3 is 0 Å². The Morgan fingerprint density at radius 2 is 1.82 bits per heavy atom. The van der Waals surface area contributed by atoms with Gasteiger partial charge in [0, 0.05) is 11.3 Å². The zero-order valence-corrected chi connectivity index (χ0v) is 13.0. The van der Waals surface area contributed by atoms with Gasteiger partial charge in [-0.1, -0.05) is 24.3 Å². The van der Waals surface area contributed by atoms with Crippen LogP contribution in [0.1, 0.15) is 17.0 Å². The highest BCUT2D eigenvalue weighted by atomic mass is 32.1. The number of pyridine rings is 1. The molecule has 0 aliphatic carbocycles. The van der Waals surface area contributed by atoms with E-state index in [0.717, 1.165) is 27.4 Å². The minimum Gasteiger partial charge on any atom is -0.325 e. The van der Waals surface area contributed by atoms with E-state index in [0.29, 0.717) is 5.56 Å². The first kappa shape index (κ1) is 14.2. The van der Waals surface area contributed by atoms with E-state index in [1.807, 2.05) is 49.4 Å². The monoisotopic (exact) mass is 307 g/mol. The van der Waals surface area contributed by atoms with Gasteiger partial charge in [-0.15, -0.1) is 0 Å². The summed E-state index contributed by atoms with van der Waals surface area (Å²) in [6.07, 6.45) is 0. The summed E-state index contributed by atoms with van der Waals surface area (Å²) in [5.41, 5.74) is 4.13. The van der Waals surface area contributed by atoms with Crippen molar-refractivity contribution in [2.24, 2.45) is 0 Å². The normalized spacial score (nSPS) is 10.4. The fourth-order valence-corrected chi connectivity index (χ4v) is 3.10. The molecule has 0 saturated carbocycles. The molecule has 2 heterocycles. The highest BCUT2D eigenvalue weighted by Crippen LogP contribution is 2.28. The molecule has 1 aromatic carbocycles. The predicted octanol–water partition coefficient (Wildman–Crippen LogP) is 3.65. The van der Waals surface area contributed by atoms with Gasteiger partial charge in [0.25, 0.3) is 5.56 Å². The van der Waals surface area contributed by atoms with Crippen LogP contribution in [-0.2, 0) is 0 Å². The molecule has 3 aromatic rings. The number of nitrogens with one attached hydrogen (secondary N) is 1. The van der Waals surface area contributed by atoms with Crippen molar-refractivity contribution in [1.82, 2.24) is 9.36 Å². The Kier molecular flexibility index (Phi) is 3.61. The summed E-state index contributed by atoms with van der Waals surface area (Å²) in [4.78, 5) is 15.6. The van der Waals surface area contributed by atoms with Crippen molar-refractivity contribution in [3.63, 3.8) is 0 Å². The van der Waals surface area contributed by atoms with E-state index in [-0.39, 0.29) is 11.1 Å². The number of hydrogen-bond donors (Lipinski definition) is 1. The molecule has 1 N–H and O–H groups in total. The Labute approximate surface area is 131 Å². The van der Waals surface area contributed by atoms with E-state index in [4.69, 9.17) is 0 Å². The fraction of sp³-hybridized carbons (Fsp3) is 0.118. The number of nitrogens with zero attached hydrogens (tertiary/aromatic N) is 2. The highest BCUT2D eigenvalue weighted by Gasteiger charge is 2.10. The number of nitriles is 1. The maximum atomic E-state index is 11.9. The topological polar surface area (TPSA) is 69.5 Å². The maximum absolute atomic E-state index is 11.9. The second-order valence-corrected chi connectivity index (χ2v) is 5.90. The van der Waals surface area contributed by atoms with Gasteiger partial charge in [-0.2, -0.15) is 9.64 Å². The molecule has 3 rings (SSSR count). The fourth-order valence-electron chi connectivity index (χ4n) is 2.34. The molecule has 4 nitrogen and oxygen atoms in total. The summed E-state index contributed by atoms with van der Waals surface area (Å²) >= 11 is 1.46. The van der Waals surface area contributed by atoms with Crippen molar-refractivity contribution in [1.29, 1.82) is 5.26 Å². The van der Waals surface area contributed by atoms with Crippen molar-refractivity contribution in [3.8, 4) is 27.6 Å². The van der Waals surface area contributed by atoms with Gasteiger partial charge < -0.3 is 4.98 Å². The van der Waals surface area contributed by atoms with Gasteiger partial charge in [0.15, 0.2) is 0 Å². The van der Waals surface area contributed by atoms with Crippen LogP contribution >= 0.6 is 11.5 Å². The summed E-state index contributed by atoms with van der Waals surface area (Å²) in [6.45, 7) is 3.77. The molecule has 0 bridgehead atoms. The molecule has 0 radical (unpaired) electrons. The molecule has 108 valence electrons. The van der Waals surface area contributed by atoms with Crippen LogP contribution in [-0.4, -0.2) is 9.36 Å². The molecule has 0 aliphatic heterocycles. The summed E-state index contributed by atoms with van der Waals surface area (Å²) in [7, 11) is 0. The van der Waals surface area contributed by atoms with E-state index in [1.54, 1.807) is 6.92 Å².